The largest absolute Gasteiger partial charge is 0.493 e. The Labute approximate surface area is 194 Å². The Morgan fingerprint density at radius 2 is 1.73 bits per heavy atom. The molecule has 0 spiro atoms. The van der Waals surface area contributed by atoms with Crippen molar-refractivity contribution >= 4 is 22.6 Å². The standard InChI is InChI=1S/C25H32N4O4/c1-6-29(7-2)13-12-27-25(30)28-20-9-8-18(14-17(20)3)33-22-10-11-26-21-16-24(32-5)23(31-4)15-19(21)22/h8-11,14-16H,6-7,12-13H2,1-5H3,(H2,27,28,30). The third-order valence-corrected chi connectivity index (χ3v) is 5.49. The molecule has 1 heterocycles. The van der Waals surface area contributed by atoms with E-state index in [1.165, 1.54) is 0 Å². The highest BCUT2D eigenvalue weighted by atomic mass is 16.5. The molecule has 3 aromatic rings. The number of nitrogens with one attached hydrogen (secondary N) is 2. The quantitative estimate of drug-likeness (QED) is 0.459. The van der Waals surface area contributed by atoms with Crippen molar-refractivity contribution < 1.29 is 19.0 Å². The average Bonchev–Trinajstić information content (AvgIpc) is 2.83. The van der Waals surface area contributed by atoms with Gasteiger partial charge in [0.05, 0.1) is 19.7 Å². The summed E-state index contributed by atoms with van der Waals surface area (Å²) in [6.45, 7) is 9.50. The van der Waals surface area contributed by atoms with Gasteiger partial charge in [0.25, 0.3) is 0 Å². The van der Waals surface area contributed by atoms with Crippen LogP contribution in [0.25, 0.3) is 10.9 Å². The number of amides is 2. The number of likely N-dealkylation sites (N-methyl/N-ethyl adjacent to an activating group) is 1. The van der Waals surface area contributed by atoms with E-state index >= 15 is 0 Å². The Hall–Kier alpha value is -3.52. The van der Waals surface area contributed by atoms with Crippen LogP contribution in [0.1, 0.15) is 19.4 Å². The number of urea groups is 1. The molecule has 2 aromatic carbocycles. The molecule has 176 valence electrons. The van der Waals surface area contributed by atoms with Crippen molar-refractivity contribution in [1.29, 1.82) is 0 Å². The van der Waals surface area contributed by atoms with E-state index in [2.05, 4.69) is 34.4 Å². The van der Waals surface area contributed by atoms with E-state index in [-0.39, 0.29) is 6.03 Å². The Morgan fingerprint density at radius 3 is 2.39 bits per heavy atom. The van der Waals surface area contributed by atoms with Crippen molar-refractivity contribution in [2.24, 2.45) is 0 Å². The molecular formula is C25H32N4O4. The second kappa shape index (κ2) is 11.4. The number of rotatable bonds is 10. The maximum Gasteiger partial charge on any atom is 0.319 e. The topological polar surface area (TPSA) is 85.0 Å². The summed E-state index contributed by atoms with van der Waals surface area (Å²) in [5.74, 6) is 2.51. The van der Waals surface area contributed by atoms with Crippen LogP contribution < -0.4 is 24.8 Å². The molecule has 0 aliphatic heterocycles. The zero-order valence-corrected chi connectivity index (χ0v) is 19.9. The summed E-state index contributed by atoms with van der Waals surface area (Å²) in [5, 5.41) is 6.61. The van der Waals surface area contributed by atoms with Crippen LogP contribution >= 0.6 is 0 Å². The minimum absolute atomic E-state index is 0.222. The number of carbonyl (C=O) groups is 1. The Bertz CT molecular complexity index is 1100. The smallest absolute Gasteiger partial charge is 0.319 e. The van der Waals surface area contributed by atoms with E-state index < -0.39 is 0 Å². The fourth-order valence-electron chi connectivity index (χ4n) is 3.54. The van der Waals surface area contributed by atoms with Gasteiger partial charge in [-0.1, -0.05) is 13.8 Å². The lowest BCUT2D eigenvalue weighted by Crippen LogP contribution is -2.37. The molecule has 2 N–H and O–H groups in total. The zero-order chi connectivity index (χ0) is 23.8. The number of aromatic nitrogens is 1. The van der Waals surface area contributed by atoms with Gasteiger partial charge < -0.3 is 29.7 Å². The molecule has 0 aliphatic carbocycles. The fourth-order valence-corrected chi connectivity index (χ4v) is 3.54. The van der Waals surface area contributed by atoms with Crippen molar-refractivity contribution in [2.75, 3.05) is 45.7 Å². The molecule has 0 radical (unpaired) electrons. The molecule has 0 saturated heterocycles. The van der Waals surface area contributed by atoms with E-state index in [0.717, 1.165) is 41.8 Å². The van der Waals surface area contributed by atoms with Crippen molar-refractivity contribution in [1.82, 2.24) is 15.2 Å². The summed E-state index contributed by atoms with van der Waals surface area (Å²) in [4.78, 5) is 18.9. The lowest BCUT2D eigenvalue weighted by atomic mass is 10.1. The second-order valence-corrected chi connectivity index (χ2v) is 7.52. The van der Waals surface area contributed by atoms with Gasteiger partial charge in [0.15, 0.2) is 11.5 Å². The van der Waals surface area contributed by atoms with Gasteiger partial charge in [0.2, 0.25) is 0 Å². The molecule has 1 aromatic heterocycles. The van der Waals surface area contributed by atoms with Gasteiger partial charge in [0.1, 0.15) is 11.5 Å². The fraction of sp³-hybridized carbons (Fsp3) is 0.360. The molecule has 33 heavy (non-hydrogen) atoms. The van der Waals surface area contributed by atoms with Gasteiger partial charge in [-0.05, 0) is 55.9 Å². The van der Waals surface area contributed by atoms with Gasteiger partial charge in [0, 0.05) is 36.4 Å². The molecule has 0 unspecified atom stereocenters. The molecule has 0 aliphatic rings. The number of nitrogens with zero attached hydrogens (tertiary/aromatic N) is 2. The van der Waals surface area contributed by atoms with Gasteiger partial charge >= 0.3 is 6.03 Å². The number of hydrogen-bond acceptors (Lipinski definition) is 6. The number of fused-ring (bicyclic) bond motifs is 1. The van der Waals surface area contributed by atoms with E-state index in [1.807, 2.05) is 37.3 Å². The predicted molar refractivity (Wildman–Crippen MR) is 131 cm³/mol. The summed E-state index contributed by atoms with van der Waals surface area (Å²) in [7, 11) is 3.18. The molecule has 8 heteroatoms. The van der Waals surface area contributed by atoms with Crippen LogP contribution in [0.3, 0.4) is 0 Å². The van der Waals surface area contributed by atoms with E-state index in [9.17, 15) is 4.79 Å². The molecular weight excluding hydrogens is 420 g/mol. The maximum atomic E-state index is 12.3. The normalized spacial score (nSPS) is 10.8. The monoisotopic (exact) mass is 452 g/mol. The van der Waals surface area contributed by atoms with Crippen LogP contribution in [0.4, 0.5) is 10.5 Å². The third kappa shape index (κ3) is 6.04. The minimum atomic E-state index is -0.222. The minimum Gasteiger partial charge on any atom is -0.493 e. The number of benzene rings is 2. The molecule has 3 rings (SSSR count). The van der Waals surface area contributed by atoms with Crippen LogP contribution in [0.15, 0.2) is 42.6 Å². The first-order chi connectivity index (χ1) is 16.0. The molecule has 0 atom stereocenters. The van der Waals surface area contributed by atoms with E-state index in [4.69, 9.17) is 14.2 Å². The highest BCUT2D eigenvalue weighted by Crippen LogP contribution is 2.37. The van der Waals surface area contributed by atoms with Crippen LogP contribution in [-0.4, -0.2) is 56.3 Å². The van der Waals surface area contributed by atoms with Gasteiger partial charge in [-0.25, -0.2) is 4.79 Å². The van der Waals surface area contributed by atoms with Crippen molar-refractivity contribution in [3.05, 3.63) is 48.2 Å². The van der Waals surface area contributed by atoms with Crippen LogP contribution in [0.2, 0.25) is 0 Å². The molecule has 2 amide bonds. The molecule has 0 saturated carbocycles. The first kappa shape index (κ1) is 24.1. The number of hydrogen-bond donors (Lipinski definition) is 2. The summed E-state index contributed by atoms with van der Waals surface area (Å²) in [6.07, 6.45) is 1.69. The van der Waals surface area contributed by atoms with Crippen LogP contribution in [-0.2, 0) is 0 Å². The van der Waals surface area contributed by atoms with E-state index in [1.54, 1.807) is 26.5 Å². The third-order valence-electron chi connectivity index (χ3n) is 5.49. The average molecular weight is 453 g/mol. The number of pyridine rings is 1. The summed E-state index contributed by atoms with van der Waals surface area (Å²) < 4.78 is 16.9. The zero-order valence-electron chi connectivity index (χ0n) is 19.9. The Balaban J connectivity index is 1.70. The van der Waals surface area contributed by atoms with Gasteiger partial charge in [-0.15, -0.1) is 0 Å². The van der Waals surface area contributed by atoms with Crippen molar-refractivity contribution in [2.45, 2.75) is 20.8 Å². The van der Waals surface area contributed by atoms with Gasteiger partial charge in [-0.2, -0.15) is 0 Å². The molecule has 0 fully saturated rings. The number of aryl methyl sites for hydroxylation is 1. The lowest BCUT2D eigenvalue weighted by molar-refractivity contribution is 0.248. The lowest BCUT2D eigenvalue weighted by Gasteiger charge is -2.18. The van der Waals surface area contributed by atoms with Crippen LogP contribution in [0, 0.1) is 6.92 Å². The number of anilines is 1. The van der Waals surface area contributed by atoms with Crippen molar-refractivity contribution in [3.8, 4) is 23.0 Å². The maximum absolute atomic E-state index is 12.3. The van der Waals surface area contributed by atoms with Crippen LogP contribution in [0.5, 0.6) is 23.0 Å². The number of carbonyl (C=O) groups excluding carboxylic acids is 1. The summed E-state index contributed by atoms with van der Waals surface area (Å²) in [6, 6.07) is 10.8. The van der Waals surface area contributed by atoms with Crippen molar-refractivity contribution in [3.63, 3.8) is 0 Å². The molecule has 0 bridgehead atoms. The highest BCUT2D eigenvalue weighted by Gasteiger charge is 2.12. The number of methoxy groups -OCH3 is 2. The Morgan fingerprint density at radius 1 is 1.00 bits per heavy atom. The number of ether oxygens (including phenoxy) is 3. The first-order valence-electron chi connectivity index (χ1n) is 11.1. The SMILES string of the molecule is CCN(CC)CCNC(=O)Nc1ccc(Oc2ccnc3cc(OC)c(OC)cc23)cc1C. The Kier molecular flexibility index (Phi) is 8.32. The van der Waals surface area contributed by atoms with E-state index in [0.29, 0.717) is 29.5 Å². The van der Waals surface area contributed by atoms with Gasteiger partial charge in [-0.3, -0.25) is 4.98 Å². The second-order valence-electron chi connectivity index (χ2n) is 7.52. The first-order valence-corrected chi connectivity index (χ1v) is 11.1. The molecule has 8 nitrogen and oxygen atoms in total. The predicted octanol–water partition coefficient (Wildman–Crippen LogP) is 4.82. The summed E-state index contributed by atoms with van der Waals surface area (Å²) >= 11 is 0. The highest BCUT2D eigenvalue weighted by molar-refractivity contribution is 5.90. The summed E-state index contributed by atoms with van der Waals surface area (Å²) in [5.41, 5.74) is 2.36.